The Bertz CT molecular complexity index is 2810. The van der Waals surface area contributed by atoms with Gasteiger partial charge in [0, 0.05) is 79.1 Å². The van der Waals surface area contributed by atoms with Gasteiger partial charge in [-0.05, 0) is 49.5 Å². The number of hydrogen-bond acceptors (Lipinski definition) is 15. The molecule has 19 nitrogen and oxygen atoms in total. The first-order valence-corrected chi connectivity index (χ1v) is 21.7. The molecule has 362 valence electrons. The van der Waals surface area contributed by atoms with Gasteiger partial charge in [-0.2, -0.15) is 9.83 Å². The molecule has 0 radical (unpaired) electrons. The Morgan fingerprint density at radius 2 is 1.58 bits per heavy atom. The Hall–Kier alpha value is -7.45. The summed E-state index contributed by atoms with van der Waals surface area (Å²) in [5.74, 6) is -3.41. The number of thiazole rings is 1. The molecule has 0 saturated carbocycles. The summed E-state index contributed by atoms with van der Waals surface area (Å²) in [6.07, 6.45) is 3.84. The van der Waals surface area contributed by atoms with Crippen molar-refractivity contribution in [3.05, 3.63) is 136 Å². The number of hydrogen-bond donors (Lipinski definition) is 2. The van der Waals surface area contributed by atoms with Gasteiger partial charge in [0.15, 0.2) is 0 Å². The summed E-state index contributed by atoms with van der Waals surface area (Å²) < 4.78 is 49.3. The molecule has 0 aliphatic rings. The Morgan fingerprint density at radius 1 is 0.942 bits per heavy atom. The normalized spacial score (nSPS) is 12.6. The van der Waals surface area contributed by atoms with Gasteiger partial charge in [-0.15, -0.1) is 16.0 Å². The molecule has 0 aliphatic heterocycles. The number of nitriles is 1. The van der Waals surface area contributed by atoms with Crippen molar-refractivity contribution in [2.24, 2.45) is 0 Å². The highest BCUT2D eigenvalue weighted by atomic mass is 35.5. The summed E-state index contributed by atoms with van der Waals surface area (Å²) in [5, 5.41) is 30.8. The van der Waals surface area contributed by atoms with Crippen LogP contribution in [0.5, 0.6) is 0 Å². The van der Waals surface area contributed by atoms with E-state index in [9.17, 15) is 33.9 Å². The van der Waals surface area contributed by atoms with E-state index in [2.05, 4.69) is 26.5 Å². The van der Waals surface area contributed by atoms with Gasteiger partial charge in [0.25, 0.3) is 6.33 Å². The number of ether oxygens (including phenoxy) is 3. The van der Waals surface area contributed by atoms with E-state index in [1.807, 2.05) is 0 Å². The van der Waals surface area contributed by atoms with Gasteiger partial charge in [0.2, 0.25) is 12.6 Å². The van der Waals surface area contributed by atoms with E-state index in [1.54, 1.807) is 74.8 Å². The van der Waals surface area contributed by atoms with Gasteiger partial charge in [-0.3, -0.25) is 19.4 Å². The number of carbonyl (C=O) groups excluding carboxylic acids is 4. The maximum atomic E-state index is 15.5. The second kappa shape index (κ2) is 23.5. The molecule has 0 saturated heterocycles. The summed E-state index contributed by atoms with van der Waals surface area (Å²) in [6.45, 7) is 1.95. The number of amides is 3. The number of esters is 2. The first-order valence-electron chi connectivity index (χ1n) is 20.9. The maximum absolute atomic E-state index is 15.5. The van der Waals surface area contributed by atoms with Gasteiger partial charge < -0.3 is 41.9 Å². The quantitative estimate of drug-likeness (QED) is 0.0717. The van der Waals surface area contributed by atoms with E-state index in [0.717, 1.165) is 33.6 Å². The maximum Gasteiger partial charge on any atom is 0.418 e. The van der Waals surface area contributed by atoms with E-state index >= 15 is 4.39 Å². The number of nitrogens with one attached hydrogen (secondary N) is 1. The number of anilines is 2. The molecular weight excluding hydrogens is 940 g/mol. The molecule has 3 atom stereocenters. The minimum absolute atomic E-state index is 0. The van der Waals surface area contributed by atoms with Crippen molar-refractivity contribution in [2.45, 2.75) is 51.4 Å². The number of carbonyl (C=O) groups is 4. The Labute approximate surface area is 405 Å². The number of likely N-dealkylation sites (N-methyl/N-ethyl adjacent to an activating group) is 2. The zero-order valence-corrected chi connectivity index (χ0v) is 39.8. The first kappa shape index (κ1) is 52.5. The zero-order valence-electron chi connectivity index (χ0n) is 38.2. The fourth-order valence-corrected chi connectivity index (χ4v) is 7.88. The third kappa shape index (κ3) is 12.8. The van der Waals surface area contributed by atoms with Crippen LogP contribution in [0, 0.1) is 23.0 Å². The third-order valence-electron chi connectivity index (χ3n) is 10.7. The number of rotatable bonds is 18. The Balaban J connectivity index is 0.00000888. The standard InChI is InChI=1S/C46H48F2N11O8S.ClH/c1-29(43-54-38(25-68-43)32-13-11-31(20-49)12-14-32)46(64,36-19-35(47)15-16-37(36)48)26-59-28-58(27-53-59)30(2)67-45(63)57(6)42-34(10-8-18-52-42)24-66-40(61)22-55(4)44(62)56(5)41-33(9-7-17-51-41)23-65-39(60)21-50-3;/h7-19,25,27-30,50,64H,21-24,26H2,1-6H3;1H/q+1;/p-1/t29-,30?,46+;/m0./s1. The molecule has 4 aromatic heterocycles. The lowest BCUT2D eigenvalue weighted by Gasteiger charge is -2.32. The molecular formula is C46H48ClF2N11O8S. The van der Waals surface area contributed by atoms with Crippen molar-refractivity contribution in [1.29, 1.82) is 5.26 Å². The van der Waals surface area contributed by atoms with Crippen molar-refractivity contribution in [2.75, 3.05) is 51.1 Å². The molecule has 4 heterocycles. The van der Waals surface area contributed by atoms with Gasteiger partial charge in [0.05, 0.1) is 28.9 Å². The molecule has 69 heavy (non-hydrogen) atoms. The monoisotopic (exact) mass is 987 g/mol. The molecule has 6 aromatic rings. The highest BCUT2D eigenvalue weighted by Gasteiger charge is 2.44. The minimum atomic E-state index is -2.09. The summed E-state index contributed by atoms with van der Waals surface area (Å²) in [6, 6.07) is 17.6. The third-order valence-corrected chi connectivity index (χ3v) is 11.8. The van der Waals surface area contributed by atoms with Crippen LogP contribution in [0.3, 0.4) is 0 Å². The first-order chi connectivity index (χ1) is 32.5. The van der Waals surface area contributed by atoms with Crippen molar-refractivity contribution in [3.8, 4) is 17.3 Å². The predicted octanol–water partition coefficient (Wildman–Crippen LogP) is 2.21. The smallest absolute Gasteiger partial charge is 0.418 e. The van der Waals surface area contributed by atoms with Crippen LogP contribution in [0.1, 0.15) is 53.3 Å². The number of benzene rings is 2. The van der Waals surface area contributed by atoms with Crippen LogP contribution in [0.15, 0.2) is 97.2 Å². The lowest BCUT2D eigenvalue weighted by molar-refractivity contribution is -0.753. The van der Waals surface area contributed by atoms with Crippen LogP contribution in [0.4, 0.5) is 30.0 Å². The molecule has 2 N–H and O–H groups in total. The van der Waals surface area contributed by atoms with Crippen LogP contribution in [-0.2, 0) is 49.2 Å². The van der Waals surface area contributed by atoms with Crippen LogP contribution < -0.4 is 32.1 Å². The van der Waals surface area contributed by atoms with Crippen molar-refractivity contribution < 1.29 is 64.3 Å². The average molecular weight is 988 g/mol. The molecule has 6 rings (SSSR count). The predicted molar refractivity (Wildman–Crippen MR) is 241 cm³/mol. The lowest BCUT2D eigenvalue weighted by Crippen LogP contribution is -3.00. The van der Waals surface area contributed by atoms with Crippen LogP contribution in [0.25, 0.3) is 11.3 Å². The van der Waals surface area contributed by atoms with Crippen LogP contribution in [-0.4, -0.2) is 100 Å². The van der Waals surface area contributed by atoms with Gasteiger partial charge in [-0.25, -0.2) is 33.3 Å². The van der Waals surface area contributed by atoms with Gasteiger partial charge in [-0.1, -0.05) is 31.2 Å². The van der Waals surface area contributed by atoms with Crippen molar-refractivity contribution in [1.82, 2.24) is 34.9 Å². The minimum Gasteiger partial charge on any atom is -1.00 e. The van der Waals surface area contributed by atoms with Crippen molar-refractivity contribution in [3.63, 3.8) is 0 Å². The molecule has 1 unspecified atom stereocenters. The summed E-state index contributed by atoms with van der Waals surface area (Å²) in [7, 11) is 5.89. The number of pyridine rings is 2. The second-order valence-corrected chi connectivity index (χ2v) is 16.4. The van der Waals surface area contributed by atoms with E-state index in [1.165, 1.54) is 71.7 Å². The molecule has 0 fully saturated rings. The Kier molecular flexibility index (Phi) is 17.9. The van der Waals surface area contributed by atoms with E-state index < -0.39 is 60.0 Å². The number of urea groups is 1. The molecule has 3 amide bonds. The topological polar surface area (TPSA) is 222 Å². The van der Waals surface area contributed by atoms with Gasteiger partial charge in [0.1, 0.15) is 55.2 Å². The van der Waals surface area contributed by atoms with E-state index in [0.29, 0.717) is 27.4 Å². The zero-order chi connectivity index (χ0) is 49.1. The Morgan fingerprint density at radius 3 is 2.22 bits per heavy atom. The van der Waals surface area contributed by atoms with Crippen LogP contribution >= 0.6 is 11.3 Å². The molecule has 0 bridgehead atoms. The van der Waals surface area contributed by atoms with Crippen molar-refractivity contribution >= 4 is 47.0 Å². The molecule has 2 aromatic carbocycles. The van der Waals surface area contributed by atoms with Crippen LogP contribution in [0.2, 0.25) is 0 Å². The summed E-state index contributed by atoms with van der Waals surface area (Å²) >= 11 is 1.23. The average Bonchev–Trinajstić information content (AvgIpc) is 4.03. The number of aliphatic hydroxyl groups is 1. The second-order valence-electron chi connectivity index (χ2n) is 15.5. The number of nitrogens with zero attached hydrogens (tertiary/aromatic N) is 10. The van der Waals surface area contributed by atoms with Gasteiger partial charge >= 0.3 is 24.1 Å². The highest BCUT2D eigenvalue weighted by Crippen LogP contribution is 2.41. The molecule has 0 aliphatic carbocycles. The summed E-state index contributed by atoms with van der Waals surface area (Å²) in [4.78, 5) is 68.4. The van der Waals surface area contributed by atoms with E-state index in [-0.39, 0.29) is 55.9 Å². The highest BCUT2D eigenvalue weighted by molar-refractivity contribution is 7.10. The number of halogens is 3. The fourth-order valence-electron chi connectivity index (χ4n) is 6.91. The fraction of sp³-hybridized carbons (Fsp3) is 0.304. The lowest BCUT2D eigenvalue weighted by atomic mass is 9.82. The van der Waals surface area contributed by atoms with E-state index in [4.69, 9.17) is 19.2 Å². The molecule has 0 spiro atoms. The molecule has 23 heteroatoms. The number of aromatic nitrogens is 6. The summed E-state index contributed by atoms with van der Waals surface area (Å²) in [5.41, 5.74) is 0.175. The largest absolute Gasteiger partial charge is 1.00 e. The SMILES string of the molecule is CNCC(=O)OCc1cccnc1N(C)C(=O)N(C)CC(=O)OCc1cccnc1N(C)C(=O)OC(C)[n+]1cnn(C[C@](O)(c2cc(F)ccc2F)[C@@H](C)c2nc(-c3ccc(C#N)cc3)cs2)c1.[Cl-].